The Bertz CT molecular complexity index is 1090. The van der Waals surface area contributed by atoms with Crippen molar-refractivity contribution in [3.05, 3.63) is 65.2 Å². The summed E-state index contributed by atoms with van der Waals surface area (Å²) in [5, 5.41) is 15.8. The highest BCUT2D eigenvalue weighted by molar-refractivity contribution is 5.92. The van der Waals surface area contributed by atoms with Crippen LogP contribution in [0.4, 0.5) is 4.79 Å². The van der Waals surface area contributed by atoms with Gasteiger partial charge in [-0.15, -0.1) is 0 Å². The van der Waals surface area contributed by atoms with Crippen LogP contribution in [0.5, 0.6) is 5.75 Å². The number of nitrogens with zero attached hydrogens (tertiary/aromatic N) is 1. The lowest BCUT2D eigenvalue weighted by molar-refractivity contribution is -0.146. The van der Waals surface area contributed by atoms with Crippen molar-refractivity contribution in [3.63, 3.8) is 0 Å². The van der Waals surface area contributed by atoms with E-state index in [2.05, 4.69) is 10.6 Å². The van der Waals surface area contributed by atoms with Gasteiger partial charge in [-0.05, 0) is 75.8 Å². The summed E-state index contributed by atoms with van der Waals surface area (Å²) < 4.78 is 5.42. The average molecular weight is 526 g/mol. The van der Waals surface area contributed by atoms with E-state index >= 15 is 0 Å². The third-order valence-electron chi connectivity index (χ3n) is 6.30. The van der Waals surface area contributed by atoms with Gasteiger partial charge in [0.1, 0.15) is 23.4 Å². The zero-order valence-electron chi connectivity index (χ0n) is 23.9. The molecule has 0 spiro atoms. The van der Waals surface area contributed by atoms with E-state index in [4.69, 9.17) is 4.74 Å². The first-order valence-corrected chi connectivity index (χ1v) is 13.2. The number of hydrogen-bond donors (Lipinski definition) is 3. The predicted molar refractivity (Wildman–Crippen MR) is 148 cm³/mol. The lowest BCUT2D eigenvalue weighted by Gasteiger charge is -2.39. The third-order valence-corrected chi connectivity index (χ3v) is 6.30. The van der Waals surface area contributed by atoms with Gasteiger partial charge in [0.2, 0.25) is 11.8 Å². The van der Waals surface area contributed by atoms with Crippen molar-refractivity contribution >= 4 is 17.9 Å². The first-order chi connectivity index (χ1) is 17.7. The van der Waals surface area contributed by atoms with E-state index in [0.717, 1.165) is 5.56 Å². The molecule has 0 aromatic heterocycles. The van der Waals surface area contributed by atoms with Gasteiger partial charge in [0, 0.05) is 12.6 Å². The molecular weight excluding hydrogens is 482 g/mol. The summed E-state index contributed by atoms with van der Waals surface area (Å²) in [5.74, 6) is -0.903. The maximum Gasteiger partial charge on any atom is 0.408 e. The van der Waals surface area contributed by atoms with Crippen molar-refractivity contribution in [2.45, 2.75) is 92.1 Å². The van der Waals surface area contributed by atoms with Crippen LogP contribution in [0.1, 0.15) is 77.6 Å². The van der Waals surface area contributed by atoms with E-state index in [9.17, 15) is 19.5 Å². The Balaban J connectivity index is 2.52. The molecule has 0 fully saturated rings. The highest BCUT2D eigenvalue weighted by Crippen LogP contribution is 2.30. The summed E-state index contributed by atoms with van der Waals surface area (Å²) in [6.07, 6.45) is -0.109. The number of phenolic OH excluding ortho intramolecular Hbond substituents is 1. The topological polar surface area (TPSA) is 108 Å². The van der Waals surface area contributed by atoms with Gasteiger partial charge in [-0.2, -0.15) is 0 Å². The van der Waals surface area contributed by atoms with Gasteiger partial charge in [-0.3, -0.25) is 9.59 Å². The van der Waals surface area contributed by atoms with E-state index in [1.807, 2.05) is 58.0 Å². The maximum atomic E-state index is 14.2. The van der Waals surface area contributed by atoms with Crippen LogP contribution in [0.15, 0.2) is 48.5 Å². The summed E-state index contributed by atoms with van der Waals surface area (Å²) in [5.41, 5.74) is 1.36. The first-order valence-electron chi connectivity index (χ1n) is 13.2. The molecule has 0 heterocycles. The molecule has 3 unspecified atom stereocenters. The maximum absolute atomic E-state index is 14.2. The molecule has 0 saturated carbocycles. The van der Waals surface area contributed by atoms with Crippen molar-refractivity contribution in [3.8, 4) is 5.75 Å². The van der Waals surface area contributed by atoms with Crippen LogP contribution in [0.3, 0.4) is 0 Å². The Morgan fingerprint density at radius 2 is 1.66 bits per heavy atom. The minimum atomic E-state index is -0.984. The number of carbonyl (C=O) groups excluding carboxylic acids is 3. The molecule has 0 saturated heterocycles. The summed E-state index contributed by atoms with van der Waals surface area (Å²) in [7, 11) is 0. The molecule has 0 bridgehead atoms. The SMILES string of the molecule is CCC(C)N(C(=O)C(NC(=O)OC(C)(C)C)C(C)C)C(C(=O)NCc1ccccc1)c1ccc(O)c(C)c1. The number of phenols is 1. The van der Waals surface area contributed by atoms with E-state index in [1.54, 1.807) is 44.7 Å². The molecule has 2 aromatic carbocycles. The fourth-order valence-electron chi connectivity index (χ4n) is 4.07. The molecule has 3 atom stereocenters. The molecule has 0 aliphatic carbocycles. The van der Waals surface area contributed by atoms with E-state index < -0.39 is 23.8 Å². The van der Waals surface area contributed by atoms with Crippen LogP contribution in [0.2, 0.25) is 0 Å². The van der Waals surface area contributed by atoms with Gasteiger partial charge in [-0.1, -0.05) is 57.2 Å². The Kier molecular flexibility index (Phi) is 10.7. The van der Waals surface area contributed by atoms with Crippen molar-refractivity contribution in [2.24, 2.45) is 5.92 Å². The number of hydrogen-bond acceptors (Lipinski definition) is 5. The van der Waals surface area contributed by atoms with Crippen LogP contribution < -0.4 is 10.6 Å². The number of aryl methyl sites for hydroxylation is 1. The highest BCUT2D eigenvalue weighted by Gasteiger charge is 2.39. The molecule has 8 heteroatoms. The van der Waals surface area contributed by atoms with Gasteiger partial charge in [-0.25, -0.2) is 4.79 Å². The Hall–Kier alpha value is -3.55. The number of ether oxygens (including phenoxy) is 1. The van der Waals surface area contributed by atoms with Crippen LogP contribution in [0.25, 0.3) is 0 Å². The molecule has 2 aromatic rings. The van der Waals surface area contributed by atoms with Crippen LogP contribution in [0, 0.1) is 12.8 Å². The number of carbonyl (C=O) groups is 3. The van der Waals surface area contributed by atoms with E-state index in [-0.39, 0.29) is 29.5 Å². The van der Waals surface area contributed by atoms with Gasteiger partial charge in [0.25, 0.3) is 0 Å². The van der Waals surface area contributed by atoms with Gasteiger partial charge in [0.15, 0.2) is 0 Å². The van der Waals surface area contributed by atoms with Gasteiger partial charge >= 0.3 is 6.09 Å². The zero-order chi connectivity index (χ0) is 28.6. The molecule has 8 nitrogen and oxygen atoms in total. The third kappa shape index (κ3) is 8.50. The number of alkyl carbamates (subject to hydrolysis) is 1. The monoisotopic (exact) mass is 525 g/mol. The molecule has 0 aliphatic rings. The fourth-order valence-corrected chi connectivity index (χ4v) is 4.07. The van der Waals surface area contributed by atoms with Crippen molar-refractivity contribution in [1.82, 2.24) is 15.5 Å². The first kappa shape index (κ1) is 30.7. The molecule has 208 valence electrons. The van der Waals surface area contributed by atoms with E-state index in [0.29, 0.717) is 24.1 Å². The van der Waals surface area contributed by atoms with Crippen LogP contribution in [-0.4, -0.2) is 45.6 Å². The van der Waals surface area contributed by atoms with Gasteiger partial charge < -0.3 is 25.4 Å². The summed E-state index contributed by atoms with van der Waals surface area (Å²) in [6.45, 7) is 14.8. The summed E-state index contributed by atoms with van der Waals surface area (Å²) >= 11 is 0. The second-order valence-electron chi connectivity index (χ2n) is 11.0. The molecule has 0 radical (unpaired) electrons. The van der Waals surface area contributed by atoms with E-state index in [1.165, 1.54) is 6.07 Å². The summed E-state index contributed by atoms with van der Waals surface area (Å²) in [6, 6.07) is 12.2. The lowest BCUT2D eigenvalue weighted by atomic mass is 9.95. The number of benzene rings is 2. The normalized spacial score (nSPS) is 13.8. The Labute approximate surface area is 226 Å². The molecule has 0 aliphatic heterocycles. The number of aromatic hydroxyl groups is 1. The lowest BCUT2D eigenvalue weighted by Crippen LogP contribution is -2.57. The zero-order valence-corrected chi connectivity index (χ0v) is 23.9. The molecule has 2 rings (SSSR count). The Morgan fingerprint density at radius 1 is 1.03 bits per heavy atom. The molecule has 3 N–H and O–H groups in total. The molecule has 38 heavy (non-hydrogen) atoms. The Morgan fingerprint density at radius 3 is 2.18 bits per heavy atom. The standard InChI is InChI=1S/C30H43N3O5/c1-9-21(5)33(28(36)25(19(2)3)32-29(37)38-30(6,7)8)26(23-15-16-24(34)20(4)17-23)27(35)31-18-22-13-11-10-12-14-22/h10-17,19,21,25-26,34H,9,18H2,1-8H3,(H,31,35)(H,32,37). The quantitative estimate of drug-likeness (QED) is 0.393. The second-order valence-corrected chi connectivity index (χ2v) is 11.0. The highest BCUT2D eigenvalue weighted by atomic mass is 16.6. The van der Waals surface area contributed by atoms with Crippen molar-refractivity contribution in [1.29, 1.82) is 0 Å². The van der Waals surface area contributed by atoms with Gasteiger partial charge in [0.05, 0.1) is 0 Å². The second kappa shape index (κ2) is 13.3. The molecular formula is C30H43N3O5. The number of nitrogens with one attached hydrogen (secondary N) is 2. The predicted octanol–water partition coefficient (Wildman–Crippen LogP) is 5.23. The van der Waals surface area contributed by atoms with Crippen molar-refractivity contribution < 1.29 is 24.2 Å². The number of amides is 3. The smallest absolute Gasteiger partial charge is 0.408 e. The summed E-state index contributed by atoms with van der Waals surface area (Å²) in [4.78, 5) is 42.2. The minimum absolute atomic E-state index is 0.102. The van der Waals surface area contributed by atoms with Crippen LogP contribution in [-0.2, 0) is 20.9 Å². The fraction of sp³-hybridized carbons (Fsp3) is 0.500. The largest absolute Gasteiger partial charge is 0.508 e. The molecule has 3 amide bonds. The van der Waals surface area contributed by atoms with Crippen molar-refractivity contribution in [2.75, 3.05) is 0 Å². The number of rotatable bonds is 10. The van der Waals surface area contributed by atoms with Crippen LogP contribution >= 0.6 is 0 Å². The average Bonchev–Trinajstić information content (AvgIpc) is 2.84. The minimum Gasteiger partial charge on any atom is -0.508 e.